The Morgan fingerprint density at radius 1 is 1.11 bits per heavy atom. The minimum Gasteiger partial charge on any atom is -0.497 e. The zero-order valence-electron chi connectivity index (χ0n) is 15.2. The number of carbonyl (C=O) groups excluding carboxylic acids is 1. The third-order valence-corrected chi connectivity index (χ3v) is 5.09. The molecule has 0 radical (unpaired) electrons. The Bertz CT molecular complexity index is 992. The number of rotatable bonds is 7. The summed E-state index contributed by atoms with van der Waals surface area (Å²) in [5.74, 6) is 0.608. The van der Waals surface area contributed by atoms with Crippen LogP contribution in [0.1, 0.15) is 18.1 Å². The van der Waals surface area contributed by atoms with E-state index in [1.807, 2.05) is 49.4 Å². The lowest BCUT2D eigenvalue weighted by Crippen LogP contribution is -2.09. The van der Waals surface area contributed by atoms with E-state index in [2.05, 4.69) is 0 Å². The first-order valence-electron chi connectivity index (χ1n) is 8.57. The summed E-state index contributed by atoms with van der Waals surface area (Å²) in [5, 5.41) is 0.780. The van der Waals surface area contributed by atoms with Crippen molar-refractivity contribution < 1.29 is 18.7 Å². The lowest BCUT2D eigenvalue weighted by molar-refractivity contribution is -0.141. The van der Waals surface area contributed by atoms with Gasteiger partial charge in [0.1, 0.15) is 17.9 Å². The second-order valence-electron chi connectivity index (χ2n) is 5.90. The Morgan fingerprint density at radius 2 is 1.89 bits per heavy atom. The van der Waals surface area contributed by atoms with Crippen molar-refractivity contribution in [3.05, 3.63) is 70.1 Å². The number of methoxy groups -OCH3 is 1. The largest absolute Gasteiger partial charge is 0.497 e. The Hall–Kier alpha value is -2.73. The topological polar surface area (TPSA) is 65.7 Å². The molecule has 2 aromatic carbocycles. The highest BCUT2D eigenvalue weighted by atomic mass is 32.2. The number of aryl methyl sites for hydroxylation is 1. The van der Waals surface area contributed by atoms with Crippen molar-refractivity contribution >= 4 is 28.7 Å². The van der Waals surface area contributed by atoms with E-state index >= 15 is 0 Å². The maximum absolute atomic E-state index is 12.1. The van der Waals surface area contributed by atoms with E-state index in [1.165, 1.54) is 17.8 Å². The van der Waals surface area contributed by atoms with Crippen LogP contribution in [0.15, 0.2) is 62.6 Å². The molecule has 0 amide bonds. The van der Waals surface area contributed by atoms with E-state index in [9.17, 15) is 9.59 Å². The minimum absolute atomic E-state index is 0.0373. The van der Waals surface area contributed by atoms with Crippen LogP contribution in [0.25, 0.3) is 11.0 Å². The average Bonchev–Trinajstić information content (AvgIpc) is 2.70. The molecule has 0 bridgehead atoms. The maximum Gasteiger partial charge on any atom is 0.336 e. The maximum atomic E-state index is 12.1. The zero-order valence-corrected chi connectivity index (χ0v) is 16.0. The highest BCUT2D eigenvalue weighted by Gasteiger charge is 2.10. The number of fused-ring (bicyclic) bond motifs is 1. The molecule has 0 spiro atoms. The molecule has 0 saturated carbocycles. The van der Waals surface area contributed by atoms with Crippen LogP contribution in [0.4, 0.5) is 0 Å². The Kier molecular flexibility index (Phi) is 6.19. The van der Waals surface area contributed by atoms with Crippen LogP contribution in [0.5, 0.6) is 5.75 Å². The zero-order chi connectivity index (χ0) is 19.2. The Labute approximate surface area is 161 Å². The second-order valence-corrected chi connectivity index (χ2v) is 6.95. The molecule has 1 aromatic heterocycles. The van der Waals surface area contributed by atoms with Crippen molar-refractivity contribution in [3.8, 4) is 5.75 Å². The smallest absolute Gasteiger partial charge is 0.336 e. The fraction of sp³-hybridized carbons (Fsp3) is 0.238. The molecular weight excluding hydrogens is 364 g/mol. The van der Waals surface area contributed by atoms with Gasteiger partial charge in [-0.3, -0.25) is 4.79 Å². The van der Waals surface area contributed by atoms with Gasteiger partial charge >= 0.3 is 11.6 Å². The van der Waals surface area contributed by atoms with E-state index < -0.39 is 5.63 Å². The molecule has 1 heterocycles. The van der Waals surface area contributed by atoms with Crippen LogP contribution in [0, 0.1) is 0 Å². The highest BCUT2D eigenvalue weighted by molar-refractivity contribution is 8.00. The van der Waals surface area contributed by atoms with Crippen LogP contribution in [-0.4, -0.2) is 18.8 Å². The summed E-state index contributed by atoms with van der Waals surface area (Å²) in [6.07, 6.45) is 0.849. The van der Waals surface area contributed by atoms with E-state index in [0.717, 1.165) is 28.0 Å². The Morgan fingerprint density at radius 3 is 2.59 bits per heavy atom. The van der Waals surface area contributed by atoms with Gasteiger partial charge < -0.3 is 13.9 Å². The molecular formula is C21H20O5S. The van der Waals surface area contributed by atoms with Gasteiger partial charge in [0.15, 0.2) is 0 Å². The number of thioether (sulfide) groups is 1. The fourth-order valence-corrected chi connectivity index (χ4v) is 3.32. The molecule has 0 N–H and O–H groups in total. The second kappa shape index (κ2) is 8.77. The first-order chi connectivity index (χ1) is 13.1. The third kappa shape index (κ3) is 4.92. The van der Waals surface area contributed by atoms with Crippen LogP contribution in [0.2, 0.25) is 0 Å². The SMILES string of the molecule is CCc1ccc2c(COC(=O)CSc3ccc(OC)cc3)cc(=O)oc2c1. The number of hydrogen-bond acceptors (Lipinski definition) is 6. The summed E-state index contributed by atoms with van der Waals surface area (Å²) >= 11 is 1.38. The molecule has 0 unspecified atom stereocenters. The monoisotopic (exact) mass is 384 g/mol. The van der Waals surface area contributed by atoms with Crippen LogP contribution in [-0.2, 0) is 22.6 Å². The molecule has 0 aliphatic carbocycles. The van der Waals surface area contributed by atoms with Gasteiger partial charge in [-0.2, -0.15) is 0 Å². The van der Waals surface area contributed by atoms with Gasteiger partial charge in [-0.25, -0.2) is 4.79 Å². The van der Waals surface area contributed by atoms with E-state index in [0.29, 0.717) is 11.1 Å². The van der Waals surface area contributed by atoms with Gasteiger partial charge in [0.05, 0.1) is 12.9 Å². The minimum atomic E-state index is -0.450. The first kappa shape index (κ1) is 19.0. The summed E-state index contributed by atoms with van der Waals surface area (Å²) in [6, 6.07) is 14.6. The normalized spacial score (nSPS) is 10.7. The van der Waals surface area contributed by atoms with Gasteiger partial charge in [0.25, 0.3) is 0 Å². The predicted octanol–water partition coefficient (Wildman–Crippen LogP) is 4.20. The first-order valence-corrected chi connectivity index (χ1v) is 9.55. The van der Waals surface area contributed by atoms with Crippen molar-refractivity contribution in [2.24, 2.45) is 0 Å². The third-order valence-electron chi connectivity index (χ3n) is 4.11. The molecule has 3 aromatic rings. The summed E-state index contributed by atoms with van der Waals surface area (Å²) < 4.78 is 15.7. The standard InChI is InChI=1S/C21H20O5S/c1-3-14-4-9-18-15(11-20(22)26-19(18)10-14)12-25-21(23)13-27-17-7-5-16(24-2)6-8-17/h4-11H,3,12-13H2,1-2H3. The van der Waals surface area contributed by atoms with Crippen LogP contribution < -0.4 is 10.4 Å². The molecule has 6 heteroatoms. The Balaban J connectivity index is 1.63. The molecule has 3 rings (SSSR count). The number of hydrogen-bond donors (Lipinski definition) is 0. The number of carbonyl (C=O) groups is 1. The summed E-state index contributed by atoms with van der Waals surface area (Å²) in [5.41, 5.74) is 1.79. The van der Waals surface area contributed by atoms with Crippen molar-refractivity contribution in [1.29, 1.82) is 0 Å². The predicted molar refractivity (Wildman–Crippen MR) is 105 cm³/mol. The molecule has 0 atom stereocenters. The lowest BCUT2D eigenvalue weighted by atomic mass is 10.1. The number of benzene rings is 2. The molecule has 0 aliphatic rings. The highest BCUT2D eigenvalue weighted by Crippen LogP contribution is 2.22. The molecule has 0 aliphatic heterocycles. The number of ether oxygens (including phenoxy) is 2. The van der Waals surface area contributed by atoms with Gasteiger partial charge in [0.2, 0.25) is 0 Å². The van der Waals surface area contributed by atoms with Crippen molar-refractivity contribution in [2.75, 3.05) is 12.9 Å². The average molecular weight is 384 g/mol. The summed E-state index contributed by atoms with van der Waals surface area (Å²) in [4.78, 5) is 24.8. The van der Waals surface area contributed by atoms with Gasteiger partial charge in [0, 0.05) is 21.9 Å². The van der Waals surface area contributed by atoms with Gasteiger partial charge in [-0.15, -0.1) is 11.8 Å². The van der Waals surface area contributed by atoms with Gasteiger partial charge in [-0.1, -0.05) is 19.1 Å². The fourth-order valence-electron chi connectivity index (χ4n) is 2.63. The summed E-state index contributed by atoms with van der Waals surface area (Å²) in [7, 11) is 1.61. The molecule has 0 fully saturated rings. The lowest BCUT2D eigenvalue weighted by Gasteiger charge is -2.08. The van der Waals surface area contributed by atoms with Crippen molar-refractivity contribution in [3.63, 3.8) is 0 Å². The quantitative estimate of drug-likeness (QED) is 0.346. The van der Waals surface area contributed by atoms with E-state index in [4.69, 9.17) is 13.9 Å². The molecule has 27 heavy (non-hydrogen) atoms. The van der Waals surface area contributed by atoms with Crippen molar-refractivity contribution in [1.82, 2.24) is 0 Å². The molecule has 140 valence electrons. The van der Waals surface area contributed by atoms with E-state index in [-0.39, 0.29) is 18.3 Å². The van der Waals surface area contributed by atoms with Crippen LogP contribution >= 0.6 is 11.8 Å². The number of esters is 1. The summed E-state index contributed by atoms with van der Waals surface area (Å²) in [6.45, 7) is 2.07. The van der Waals surface area contributed by atoms with E-state index in [1.54, 1.807) is 7.11 Å². The molecule has 0 saturated heterocycles. The van der Waals surface area contributed by atoms with Gasteiger partial charge in [-0.05, 0) is 42.3 Å². The van der Waals surface area contributed by atoms with Crippen molar-refractivity contribution in [2.45, 2.75) is 24.8 Å². The molecule has 5 nitrogen and oxygen atoms in total. The van der Waals surface area contributed by atoms with Crippen LogP contribution in [0.3, 0.4) is 0 Å².